The smallest absolute Gasteiger partial charge is 0.140 e. The molecule has 2 aliphatic rings. The van der Waals surface area contributed by atoms with Crippen LogP contribution in [0.3, 0.4) is 0 Å². The minimum absolute atomic E-state index is 0.0581. The van der Waals surface area contributed by atoms with Crippen LogP contribution in [-0.4, -0.2) is 20.8 Å². The van der Waals surface area contributed by atoms with Gasteiger partial charge in [-0.2, -0.15) is 0 Å². The molecule has 1 fully saturated rings. The molecule has 1 aliphatic carbocycles. The second kappa shape index (κ2) is 3.55. The minimum atomic E-state index is 0.0581. The summed E-state index contributed by atoms with van der Waals surface area (Å²) in [5, 5.41) is 8.77. The zero-order chi connectivity index (χ0) is 11.2. The number of fused-ring (bicyclic) bond motifs is 1. The summed E-state index contributed by atoms with van der Waals surface area (Å²) in [4.78, 5) is 0. The van der Waals surface area contributed by atoms with Crippen LogP contribution in [0, 0.1) is 0 Å². The van der Waals surface area contributed by atoms with Crippen LogP contribution in [0.4, 0.5) is 0 Å². The van der Waals surface area contributed by atoms with Gasteiger partial charge in [0.15, 0.2) is 0 Å². The van der Waals surface area contributed by atoms with Crippen molar-refractivity contribution in [3.63, 3.8) is 0 Å². The summed E-state index contributed by atoms with van der Waals surface area (Å²) in [6.45, 7) is 3.34. The number of nitrogens with two attached hydrogens (primary N) is 1. The molecule has 2 heterocycles. The number of rotatable bonds is 1. The highest BCUT2D eigenvalue weighted by Crippen LogP contribution is 2.39. The van der Waals surface area contributed by atoms with Crippen LogP contribution in [0.25, 0.3) is 0 Å². The molecule has 3 rings (SSSR count). The molecule has 2 atom stereocenters. The maximum atomic E-state index is 6.26. The van der Waals surface area contributed by atoms with Crippen molar-refractivity contribution >= 4 is 0 Å². The number of nitrogens with zero attached hydrogens (tertiary/aromatic N) is 3. The van der Waals surface area contributed by atoms with Crippen molar-refractivity contribution < 1.29 is 0 Å². The Labute approximate surface area is 96.2 Å². The molecule has 16 heavy (non-hydrogen) atoms. The van der Waals surface area contributed by atoms with Crippen LogP contribution in [0.5, 0.6) is 0 Å². The van der Waals surface area contributed by atoms with Gasteiger partial charge in [-0.25, -0.2) is 0 Å². The lowest BCUT2D eigenvalue weighted by Crippen LogP contribution is -2.41. The van der Waals surface area contributed by atoms with E-state index < -0.39 is 0 Å². The number of hydrogen-bond donors (Lipinski definition) is 1. The van der Waals surface area contributed by atoms with Gasteiger partial charge in [0.05, 0.1) is 0 Å². The second-order valence-electron chi connectivity index (χ2n) is 5.46. The van der Waals surface area contributed by atoms with E-state index in [2.05, 4.69) is 21.7 Å². The zero-order valence-electron chi connectivity index (χ0n) is 9.95. The lowest BCUT2D eigenvalue weighted by molar-refractivity contribution is 0.372. The van der Waals surface area contributed by atoms with Crippen LogP contribution in [0.2, 0.25) is 0 Å². The van der Waals surface area contributed by atoms with E-state index in [1.807, 2.05) is 0 Å². The molecule has 1 aromatic heterocycles. The highest BCUT2D eigenvalue weighted by atomic mass is 15.3. The molecular formula is C12H20N4. The highest BCUT2D eigenvalue weighted by Gasteiger charge is 2.42. The molecule has 4 nitrogen and oxygen atoms in total. The van der Waals surface area contributed by atoms with Crippen LogP contribution in [0.1, 0.15) is 50.7 Å². The summed E-state index contributed by atoms with van der Waals surface area (Å²) >= 11 is 0. The maximum absolute atomic E-state index is 6.26. The van der Waals surface area contributed by atoms with Crippen molar-refractivity contribution in [2.24, 2.45) is 5.73 Å². The predicted molar refractivity (Wildman–Crippen MR) is 62.1 cm³/mol. The largest absolute Gasteiger partial charge is 0.327 e. The fraction of sp³-hybridized carbons (Fsp3) is 0.833. The van der Waals surface area contributed by atoms with Gasteiger partial charge in [-0.1, -0.05) is 13.3 Å². The van der Waals surface area contributed by atoms with Gasteiger partial charge in [0.2, 0.25) is 0 Å². The Kier molecular flexibility index (Phi) is 2.28. The first-order valence-electron chi connectivity index (χ1n) is 6.40. The first-order valence-corrected chi connectivity index (χ1v) is 6.40. The molecule has 88 valence electrons. The predicted octanol–water partition coefficient (Wildman–Crippen LogP) is 1.38. The Morgan fingerprint density at radius 2 is 2.19 bits per heavy atom. The lowest BCUT2D eigenvalue weighted by atomic mass is 9.84. The Balaban J connectivity index is 2.03. The number of hydrogen-bond acceptors (Lipinski definition) is 3. The van der Waals surface area contributed by atoms with Crippen LogP contribution < -0.4 is 5.73 Å². The third-order valence-corrected chi connectivity index (χ3v) is 4.40. The van der Waals surface area contributed by atoms with Gasteiger partial charge in [0.25, 0.3) is 0 Å². The summed E-state index contributed by atoms with van der Waals surface area (Å²) in [5.41, 5.74) is 6.31. The molecule has 0 radical (unpaired) electrons. The van der Waals surface area contributed by atoms with Gasteiger partial charge in [-0.05, 0) is 25.7 Å². The maximum Gasteiger partial charge on any atom is 0.140 e. The van der Waals surface area contributed by atoms with Gasteiger partial charge in [0.1, 0.15) is 11.6 Å². The fourth-order valence-corrected chi connectivity index (χ4v) is 3.20. The first-order chi connectivity index (χ1) is 7.72. The molecule has 1 aliphatic heterocycles. The fourth-order valence-electron chi connectivity index (χ4n) is 3.20. The normalized spacial score (nSPS) is 34.0. The third kappa shape index (κ3) is 1.32. The van der Waals surface area contributed by atoms with E-state index in [-0.39, 0.29) is 11.5 Å². The van der Waals surface area contributed by atoms with Crippen LogP contribution in [0.15, 0.2) is 0 Å². The van der Waals surface area contributed by atoms with Gasteiger partial charge in [-0.3, -0.25) is 0 Å². The molecular weight excluding hydrogens is 200 g/mol. The molecule has 1 aromatic rings. The van der Waals surface area contributed by atoms with E-state index in [9.17, 15) is 0 Å². The molecule has 4 heteroatoms. The zero-order valence-corrected chi connectivity index (χ0v) is 9.95. The Morgan fingerprint density at radius 3 is 2.94 bits per heavy atom. The molecule has 0 amide bonds. The molecule has 1 saturated carbocycles. The van der Waals surface area contributed by atoms with E-state index >= 15 is 0 Å². The molecule has 2 N–H and O–H groups in total. The van der Waals surface area contributed by atoms with Crippen LogP contribution in [-0.2, 0) is 18.4 Å². The average molecular weight is 220 g/mol. The second-order valence-corrected chi connectivity index (χ2v) is 5.46. The SMILES string of the molecule is CC1(c2nnc3n2CCCC3)CCCC1N. The molecule has 0 saturated heterocycles. The van der Waals surface area contributed by atoms with E-state index in [4.69, 9.17) is 5.73 Å². The van der Waals surface area contributed by atoms with Crippen molar-refractivity contribution in [3.8, 4) is 0 Å². The van der Waals surface area contributed by atoms with Gasteiger partial charge < -0.3 is 10.3 Å². The summed E-state index contributed by atoms with van der Waals surface area (Å²) in [5.74, 6) is 2.31. The Bertz CT molecular complexity index is 398. The lowest BCUT2D eigenvalue weighted by Gasteiger charge is -2.29. The standard InChI is InChI=1S/C12H20N4/c1-12(7-4-5-9(12)13)11-15-14-10-6-2-3-8-16(10)11/h9H,2-8,13H2,1H3. The summed E-state index contributed by atoms with van der Waals surface area (Å²) in [6, 6.07) is 0.253. The number of aromatic nitrogens is 3. The van der Waals surface area contributed by atoms with Crippen LogP contribution >= 0.6 is 0 Å². The van der Waals surface area contributed by atoms with E-state index in [1.54, 1.807) is 0 Å². The first kappa shape index (κ1) is 10.3. The number of aryl methyl sites for hydroxylation is 1. The Hall–Kier alpha value is -0.900. The van der Waals surface area contributed by atoms with Crippen molar-refractivity contribution in [2.75, 3.05) is 0 Å². The van der Waals surface area contributed by atoms with Crippen molar-refractivity contribution in [1.82, 2.24) is 14.8 Å². The van der Waals surface area contributed by atoms with Crippen molar-refractivity contribution in [3.05, 3.63) is 11.6 Å². The van der Waals surface area contributed by atoms with Gasteiger partial charge >= 0.3 is 0 Å². The molecule has 0 bridgehead atoms. The topological polar surface area (TPSA) is 56.7 Å². The van der Waals surface area contributed by atoms with Crippen molar-refractivity contribution in [2.45, 2.75) is 63.5 Å². The molecule has 0 aromatic carbocycles. The monoisotopic (exact) mass is 220 g/mol. The summed E-state index contributed by atoms with van der Waals surface area (Å²) < 4.78 is 2.33. The molecule has 2 unspecified atom stereocenters. The molecule has 0 spiro atoms. The van der Waals surface area contributed by atoms with Gasteiger partial charge in [0, 0.05) is 24.4 Å². The quantitative estimate of drug-likeness (QED) is 0.778. The third-order valence-electron chi connectivity index (χ3n) is 4.40. The van der Waals surface area contributed by atoms with E-state index in [0.29, 0.717) is 0 Å². The van der Waals surface area contributed by atoms with Crippen molar-refractivity contribution in [1.29, 1.82) is 0 Å². The van der Waals surface area contributed by atoms with Gasteiger partial charge in [-0.15, -0.1) is 10.2 Å². The Morgan fingerprint density at radius 1 is 1.31 bits per heavy atom. The summed E-state index contributed by atoms with van der Waals surface area (Å²) in [7, 11) is 0. The van der Waals surface area contributed by atoms with E-state index in [0.717, 1.165) is 31.6 Å². The average Bonchev–Trinajstić information content (AvgIpc) is 2.85. The minimum Gasteiger partial charge on any atom is -0.327 e. The highest BCUT2D eigenvalue weighted by molar-refractivity contribution is 5.17. The summed E-state index contributed by atoms with van der Waals surface area (Å²) in [6.07, 6.45) is 7.09. The van der Waals surface area contributed by atoms with E-state index in [1.165, 1.54) is 25.1 Å².